The molecule has 5 nitrogen and oxygen atoms in total. The fraction of sp³-hybridized carbons (Fsp3) is 0.559. The quantitative estimate of drug-likeness (QED) is 0.226. The van der Waals surface area contributed by atoms with E-state index in [1.165, 1.54) is 57.8 Å². The molecule has 3 aliphatic rings. The molecule has 0 aliphatic heterocycles. The van der Waals surface area contributed by atoms with Crippen LogP contribution in [0.1, 0.15) is 112 Å². The van der Waals surface area contributed by atoms with Gasteiger partial charge in [0.2, 0.25) is 0 Å². The number of hydrogen-bond acceptors (Lipinski definition) is 5. The van der Waals surface area contributed by atoms with E-state index in [0.717, 1.165) is 49.8 Å². The van der Waals surface area contributed by atoms with Gasteiger partial charge in [0.25, 0.3) is 0 Å². The van der Waals surface area contributed by atoms with Crippen molar-refractivity contribution in [2.24, 2.45) is 0 Å². The molecule has 5 rings (SSSR count). The maximum absolute atomic E-state index is 13.5. The molecule has 0 amide bonds. The van der Waals surface area contributed by atoms with Crippen LogP contribution in [-0.2, 0) is 0 Å². The van der Waals surface area contributed by atoms with Gasteiger partial charge in [-0.2, -0.15) is 0 Å². The summed E-state index contributed by atoms with van der Waals surface area (Å²) in [4.78, 5) is 13.5. The predicted molar refractivity (Wildman–Crippen MR) is 155 cm³/mol. The summed E-state index contributed by atoms with van der Waals surface area (Å²) >= 11 is 0. The van der Waals surface area contributed by atoms with Gasteiger partial charge in [-0.25, -0.2) is 0 Å². The first-order valence-electron chi connectivity index (χ1n) is 15.2. The van der Waals surface area contributed by atoms with Crippen molar-refractivity contribution in [2.45, 2.75) is 115 Å². The Bertz CT molecular complexity index is 1100. The minimum absolute atomic E-state index is 0.0809. The van der Waals surface area contributed by atoms with Gasteiger partial charge in [-0.1, -0.05) is 31.4 Å². The third-order valence-corrected chi connectivity index (χ3v) is 8.38. The Morgan fingerprint density at radius 3 is 1.87 bits per heavy atom. The number of methoxy groups -OCH3 is 1. The van der Waals surface area contributed by atoms with Crippen LogP contribution in [0.25, 0.3) is 6.08 Å². The molecule has 3 saturated carbocycles. The van der Waals surface area contributed by atoms with Gasteiger partial charge >= 0.3 is 0 Å². The monoisotopic (exact) mass is 532 g/mol. The minimum Gasteiger partial charge on any atom is -0.493 e. The number of ketones is 1. The molecule has 2 aromatic carbocycles. The average molecular weight is 533 g/mol. The number of para-hydroxylation sites is 1. The molecule has 0 N–H and O–H groups in total. The van der Waals surface area contributed by atoms with E-state index in [1.54, 1.807) is 13.2 Å². The molecule has 0 aromatic heterocycles. The topological polar surface area (TPSA) is 54.0 Å². The van der Waals surface area contributed by atoms with Crippen LogP contribution in [0.15, 0.2) is 42.5 Å². The van der Waals surface area contributed by atoms with Crippen LogP contribution in [0.5, 0.6) is 23.0 Å². The molecule has 39 heavy (non-hydrogen) atoms. The summed E-state index contributed by atoms with van der Waals surface area (Å²) in [6.45, 7) is 0. The van der Waals surface area contributed by atoms with E-state index in [2.05, 4.69) is 0 Å². The Morgan fingerprint density at radius 1 is 0.692 bits per heavy atom. The van der Waals surface area contributed by atoms with Crippen LogP contribution in [0.2, 0.25) is 0 Å². The number of carbonyl (C=O) groups excluding carboxylic acids is 1. The highest BCUT2D eigenvalue weighted by Gasteiger charge is 2.23. The molecule has 5 heteroatoms. The Kier molecular flexibility index (Phi) is 9.85. The molecular weight excluding hydrogens is 488 g/mol. The maximum Gasteiger partial charge on any atom is 0.189 e. The summed E-state index contributed by atoms with van der Waals surface area (Å²) in [6, 6.07) is 11.5. The van der Waals surface area contributed by atoms with Crippen molar-refractivity contribution < 1.29 is 23.7 Å². The maximum atomic E-state index is 13.5. The van der Waals surface area contributed by atoms with Crippen molar-refractivity contribution in [3.8, 4) is 23.0 Å². The van der Waals surface area contributed by atoms with Crippen molar-refractivity contribution in [3.05, 3.63) is 53.6 Å². The van der Waals surface area contributed by atoms with Crippen LogP contribution in [0, 0.1) is 0 Å². The van der Waals surface area contributed by atoms with Crippen LogP contribution >= 0.6 is 0 Å². The van der Waals surface area contributed by atoms with Gasteiger partial charge in [0.15, 0.2) is 17.3 Å². The molecule has 2 aromatic rings. The molecule has 0 atom stereocenters. The Balaban J connectivity index is 1.40. The lowest BCUT2D eigenvalue weighted by molar-refractivity contribution is 0.103. The molecule has 0 unspecified atom stereocenters. The number of rotatable bonds is 10. The van der Waals surface area contributed by atoms with Gasteiger partial charge < -0.3 is 18.9 Å². The van der Waals surface area contributed by atoms with Crippen molar-refractivity contribution in [2.75, 3.05) is 7.11 Å². The molecule has 0 spiro atoms. The molecule has 3 fully saturated rings. The van der Waals surface area contributed by atoms with E-state index in [4.69, 9.17) is 18.9 Å². The van der Waals surface area contributed by atoms with Crippen LogP contribution in [0.3, 0.4) is 0 Å². The second-order valence-electron chi connectivity index (χ2n) is 11.4. The van der Waals surface area contributed by atoms with Gasteiger partial charge in [-0.15, -0.1) is 0 Å². The Morgan fingerprint density at radius 2 is 1.26 bits per heavy atom. The molecule has 0 saturated heterocycles. The molecule has 0 radical (unpaired) electrons. The normalized spacial score (nSPS) is 19.6. The van der Waals surface area contributed by atoms with Gasteiger partial charge in [0.1, 0.15) is 11.5 Å². The van der Waals surface area contributed by atoms with Crippen molar-refractivity contribution in [1.29, 1.82) is 0 Å². The second-order valence-corrected chi connectivity index (χ2v) is 11.4. The highest BCUT2D eigenvalue weighted by atomic mass is 16.5. The average Bonchev–Trinajstić information content (AvgIpc) is 2.98. The zero-order valence-electron chi connectivity index (χ0n) is 23.5. The lowest BCUT2D eigenvalue weighted by Crippen LogP contribution is -2.21. The lowest BCUT2D eigenvalue weighted by atomic mass is 9.97. The third kappa shape index (κ3) is 7.58. The second kappa shape index (κ2) is 13.9. The summed E-state index contributed by atoms with van der Waals surface area (Å²) in [6.07, 6.45) is 21.3. The number of ether oxygens (including phenoxy) is 4. The summed E-state index contributed by atoms with van der Waals surface area (Å²) in [5, 5.41) is 0. The predicted octanol–water partition coefficient (Wildman–Crippen LogP) is 8.73. The van der Waals surface area contributed by atoms with Crippen LogP contribution < -0.4 is 18.9 Å². The number of allylic oxidation sites excluding steroid dienone is 1. The van der Waals surface area contributed by atoms with E-state index >= 15 is 0 Å². The zero-order valence-corrected chi connectivity index (χ0v) is 23.5. The smallest absolute Gasteiger partial charge is 0.189 e. The molecule has 210 valence electrons. The van der Waals surface area contributed by atoms with E-state index in [1.807, 2.05) is 42.5 Å². The van der Waals surface area contributed by atoms with Crippen molar-refractivity contribution in [3.63, 3.8) is 0 Å². The standard InChI is InChI=1S/C34H44O5/c1-36-33-24-29(37-26-13-5-2-6-14-26)23-25(34(33)39-28-17-9-4-10-18-28)21-22-31(35)30-19-11-12-20-32(30)38-27-15-7-3-8-16-27/h11-12,19-24,26-28H,2-10,13-18H2,1H3/b22-21+. The molecule has 3 aliphatic carbocycles. The number of carbonyl (C=O) groups is 1. The van der Waals surface area contributed by atoms with E-state index in [9.17, 15) is 4.79 Å². The highest BCUT2D eigenvalue weighted by molar-refractivity contribution is 6.08. The van der Waals surface area contributed by atoms with Crippen molar-refractivity contribution in [1.82, 2.24) is 0 Å². The minimum atomic E-state index is -0.0809. The first kappa shape index (κ1) is 27.6. The van der Waals surface area contributed by atoms with Crippen LogP contribution in [0.4, 0.5) is 0 Å². The van der Waals surface area contributed by atoms with Gasteiger partial charge in [-0.05, 0) is 107 Å². The van der Waals surface area contributed by atoms with Gasteiger partial charge in [0, 0.05) is 11.6 Å². The van der Waals surface area contributed by atoms with E-state index < -0.39 is 0 Å². The van der Waals surface area contributed by atoms with Gasteiger partial charge in [-0.3, -0.25) is 4.79 Å². The summed E-state index contributed by atoms with van der Waals surface area (Å²) in [5.41, 5.74) is 1.40. The first-order chi connectivity index (χ1) is 19.2. The Hall–Kier alpha value is -2.95. The lowest BCUT2D eigenvalue weighted by Gasteiger charge is -2.27. The summed E-state index contributed by atoms with van der Waals surface area (Å²) < 4.78 is 25.1. The fourth-order valence-electron chi connectivity index (χ4n) is 6.18. The summed E-state index contributed by atoms with van der Waals surface area (Å²) in [5.74, 6) is 2.70. The first-order valence-corrected chi connectivity index (χ1v) is 15.2. The van der Waals surface area contributed by atoms with Gasteiger partial charge in [0.05, 0.1) is 31.0 Å². The van der Waals surface area contributed by atoms with E-state index in [-0.39, 0.29) is 24.1 Å². The molecule has 0 bridgehead atoms. The highest BCUT2D eigenvalue weighted by Crippen LogP contribution is 2.40. The number of benzene rings is 2. The van der Waals surface area contributed by atoms with E-state index in [0.29, 0.717) is 22.8 Å². The fourth-order valence-corrected chi connectivity index (χ4v) is 6.18. The third-order valence-electron chi connectivity index (χ3n) is 8.38. The largest absolute Gasteiger partial charge is 0.493 e. The van der Waals surface area contributed by atoms with Crippen LogP contribution in [-0.4, -0.2) is 31.2 Å². The molecule has 0 heterocycles. The molecular formula is C34H44O5. The summed E-state index contributed by atoms with van der Waals surface area (Å²) in [7, 11) is 1.67. The number of hydrogen-bond donors (Lipinski definition) is 0. The zero-order chi connectivity index (χ0) is 26.9. The Labute approximate surface area is 233 Å². The SMILES string of the molecule is COc1cc(OC2CCCCC2)cc(/C=C/C(=O)c2ccccc2OC2CCCCC2)c1OC1CCCCC1. The van der Waals surface area contributed by atoms with Crippen molar-refractivity contribution >= 4 is 11.9 Å².